The number of carbonyl (C=O) groups excluding carboxylic acids is 2. The van der Waals surface area contributed by atoms with Gasteiger partial charge in [-0.2, -0.15) is 0 Å². The van der Waals surface area contributed by atoms with Gasteiger partial charge in [0, 0.05) is 6.54 Å². The van der Waals surface area contributed by atoms with Crippen LogP contribution in [0.25, 0.3) is 0 Å². The number of imide groups is 1. The predicted molar refractivity (Wildman–Crippen MR) is 60.8 cm³/mol. The van der Waals surface area contributed by atoms with Crippen molar-refractivity contribution in [3.8, 4) is 0 Å². The Morgan fingerprint density at radius 3 is 2.29 bits per heavy atom. The van der Waals surface area contributed by atoms with E-state index in [1.807, 2.05) is 13.8 Å². The van der Waals surface area contributed by atoms with Gasteiger partial charge in [0.1, 0.15) is 0 Å². The summed E-state index contributed by atoms with van der Waals surface area (Å²) in [6.45, 7) is 4.52. The lowest BCUT2D eigenvalue weighted by atomic mass is 10.0. The van der Waals surface area contributed by atoms with E-state index in [0.717, 1.165) is 19.3 Å². The maximum atomic E-state index is 12.1. The van der Waals surface area contributed by atoms with E-state index in [1.54, 1.807) is 0 Å². The molecular formula is C13H19NO3. The van der Waals surface area contributed by atoms with Crippen LogP contribution in [0.4, 0.5) is 0 Å². The molecule has 0 radical (unpaired) electrons. The first-order chi connectivity index (χ1) is 7.93. The molecule has 1 aliphatic heterocycles. The molecule has 0 spiro atoms. The number of hydrogen-bond acceptors (Lipinski definition) is 3. The summed E-state index contributed by atoms with van der Waals surface area (Å²) in [5.41, 5.74) is -0.111. The van der Waals surface area contributed by atoms with Crippen molar-refractivity contribution < 1.29 is 14.7 Å². The van der Waals surface area contributed by atoms with Crippen LogP contribution < -0.4 is 0 Å². The molecule has 1 N–H and O–H groups in total. The molecule has 94 valence electrons. The molecule has 0 aromatic heterocycles. The molecule has 1 saturated heterocycles. The molecule has 4 nitrogen and oxygen atoms in total. The number of nitrogens with zero attached hydrogens (tertiary/aromatic N) is 1. The molecule has 4 unspecified atom stereocenters. The summed E-state index contributed by atoms with van der Waals surface area (Å²) >= 11 is 0. The SMILES string of the molecule is CC1(C)C2C(=O)N(CC3CCC(O)C3)C(=O)C21. The fraction of sp³-hybridized carbons (Fsp3) is 0.846. The molecule has 3 rings (SSSR count). The highest BCUT2D eigenvalue weighted by atomic mass is 16.3. The number of rotatable bonds is 2. The summed E-state index contributed by atoms with van der Waals surface area (Å²) in [6.07, 6.45) is 2.23. The van der Waals surface area contributed by atoms with Gasteiger partial charge in [-0.15, -0.1) is 0 Å². The smallest absolute Gasteiger partial charge is 0.233 e. The van der Waals surface area contributed by atoms with E-state index in [-0.39, 0.29) is 35.2 Å². The van der Waals surface area contributed by atoms with Crippen molar-refractivity contribution in [2.45, 2.75) is 39.2 Å². The minimum Gasteiger partial charge on any atom is -0.393 e. The molecule has 0 aromatic carbocycles. The molecule has 0 aromatic rings. The third kappa shape index (κ3) is 1.46. The lowest BCUT2D eigenvalue weighted by Crippen LogP contribution is -2.39. The first kappa shape index (κ1) is 11.2. The molecule has 4 heteroatoms. The Kier molecular flexibility index (Phi) is 2.18. The van der Waals surface area contributed by atoms with E-state index >= 15 is 0 Å². The molecule has 17 heavy (non-hydrogen) atoms. The Labute approximate surface area is 101 Å². The number of aliphatic hydroxyl groups excluding tert-OH is 1. The Bertz CT molecular complexity index is 366. The van der Waals surface area contributed by atoms with Crippen LogP contribution in [0.5, 0.6) is 0 Å². The average molecular weight is 237 g/mol. The topological polar surface area (TPSA) is 57.6 Å². The maximum absolute atomic E-state index is 12.1. The van der Waals surface area contributed by atoms with Crippen molar-refractivity contribution >= 4 is 11.8 Å². The van der Waals surface area contributed by atoms with Gasteiger partial charge in [0.2, 0.25) is 11.8 Å². The highest BCUT2D eigenvalue weighted by Gasteiger charge is 2.72. The lowest BCUT2D eigenvalue weighted by molar-refractivity contribution is -0.143. The van der Waals surface area contributed by atoms with Crippen LogP contribution >= 0.6 is 0 Å². The molecule has 2 amide bonds. The van der Waals surface area contributed by atoms with Crippen molar-refractivity contribution in [1.29, 1.82) is 0 Å². The summed E-state index contributed by atoms with van der Waals surface area (Å²) < 4.78 is 0. The number of aliphatic hydroxyl groups is 1. The maximum Gasteiger partial charge on any atom is 0.233 e. The first-order valence-electron chi connectivity index (χ1n) is 6.46. The van der Waals surface area contributed by atoms with Gasteiger partial charge in [0.05, 0.1) is 17.9 Å². The second-order valence-corrected chi connectivity index (χ2v) is 6.40. The van der Waals surface area contributed by atoms with Gasteiger partial charge in [-0.1, -0.05) is 13.8 Å². The van der Waals surface area contributed by atoms with Gasteiger partial charge in [-0.05, 0) is 30.6 Å². The largest absolute Gasteiger partial charge is 0.393 e. The highest BCUT2D eigenvalue weighted by Crippen LogP contribution is 2.63. The number of likely N-dealkylation sites (tertiary alicyclic amines) is 1. The van der Waals surface area contributed by atoms with Crippen LogP contribution in [0.1, 0.15) is 33.1 Å². The summed E-state index contributed by atoms with van der Waals surface area (Å²) in [5, 5.41) is 9.46. The van der Waals surface area contributed by atoms with E-state index in [4.69, 9.17) is 0 Å². The highest BCUT2D eigenvalue weighted by molar-refractivity contribution is 6.10. The minimum atomic E-state index is -0.237. The molecule has 1 heterocycles. The van der Waals surface area contributed by atoms with Crippen LogP contribution in [0.3, 0.4) is 0 Å². The Morgan fingerprint density at radius 2 is 1.82 bits per heavy atom. The number of fused-ring (bicyclic) bond motifs is 1. The number of carbonyl (C=O) groups is 2. The van der Waals surface area contributed by atoms with Crippen LogP contribution in [-0.4, -0.2) is 34.5 Å². The first-order valence-corrected chi connectivity index (χ1v) is 6.46. The number of piperidine rings is 1. The zero-order valence-corrected chi connectivity index (χ0v) is 10.3. The van der Waals surface area contributed by atoms with Gasteiger partial charge < -0.3 is 5.11 Å². The zero-order valence-electron chi connectivity index (χ0n) is 10.3. The summed E-state index contributed by atoms with van der Waals surface area (Å²) in [6, 6.07) is 0. The van der Waals surface area contributed by atoms with Gasteiger partial charge in [-0.3, -0.25) is 14.5 Å². The molecule has 3 fully saturated rings. The second-order valence-electron chi connectivity index (χ2n) is 6.40. The third-order valence-corrected chi connectivity index (χ3v) is 4.85. The van der Waals surface area contributed by atoms with Crippen molar-refractivity contribution in [1.82, 2.24) is 4.90 Å². The van der Waals surface area contributed by atoms with Crippen molar-refractivity contribution in [3.05, 3.63) is 0 Å². The van der Waals surface area contributed by atoms with Gasteiger partial charge in [0.25, 0.3) is 0 Å². The summed E-state index contributed by atoms with van der Waals surface area (Å²) in [4.78, 5) is 25.6. The standard InChI is InChI=1S/C13H19NO3/c1-13(2)9-10(13)12(17)14(11(9)16)6-7-3-4-8(15)5-7/h7-10,15H,3-6H2,1-2H3. The summed E-state index contributed by atoms with van der Waals surface area (Å²) in [5.74, 6) is 0.207. The molecule has 4 atom stereocenters. The Balaban J connectivity index is 1.67. The third-order valence-electron chi connectivity index (χ3n) is 4.85. The van der Waals surface area contributed by atoms with Crippen LogP contribution in [-0.2, 0) is 9.59 Å². The normalized spacial score (nSPS) is 43.1. The van der Waals surface area contributed by atoms with E-state index < -0.39 is 0 Å². The molecular weight excluding hydrogens is 218 g/mol. The second kappa shape index (κ2) is 3.31. The average Bonchev–Trinajstić information content (AvgIpc) is 2.55. The number of amides is 2. The van der Waals surface area contributed by atoms with E-state index in [0.29, 0.717) is 12.5 Å². The van der Waals surface area contributed by atoms with Crippen LogP contribution in [0.2, 0.25) is 0 Å². The minimum absolute atomic E-state index is 0.0198. The monoisotopic (exact) mass is 237 g/mol. The van der Waals surface area contributed by atoms with Crippen molar-refractivity contribution in [2.75, 3.05) is 6.54 Å². The number of hydrogen-bond donors (Lipinski definition) is 1. The van der Waals surface area contributed by atoms with Crippen LogP contribution in [0.15, 0.2) is 0 Å². The summed E-state index contributed by atoms with van der Waals surface area (Å²) in [7, 11) is 0. The molecule has 2 saturated carbocycles. The molecule has 0 bridgehead atoms. The lowest BCUT2D eigenvalue weighted by Gasteiger charge is -2.23. The van der Waals surface area contributed by atoms with Crippen LogP contribution in [0, 0.1) is 23.2 Å². The van der Waals surface area contributed by atoms with Gasteiger partial charge in [-0.25, -0.2) is 0 Å². The quantitative estimate of drug-likeness (QED) is 0.722. The van der Waals surface area contributed by atoms with Crippen molar-refractivity contribution in [2.24, 2.45) is 23.2 Å². The van der Waals surface area contributed by atoms with Gasteiger partial charge in [0.15, 0.2) is 0 Å². The van der Waals surface area contributed by atoms with E-state index in [9.17, 15) is 14.7 Å². The van der Waals surface area contributed by atoms with E-state index in [2.05, 4.69) is 0 Å². The fourth-order valence-electron chi connectivity index (χ4n) is 3.66. The fourth-order valence-corrected chi connectivity index (χ4v) is 3.66. The van der Waals surface area contributed by atoms with Crippen molar-refractivity contribution in [3.63, 3.8) is 0 Å². The molecule has 3 aliphatic rings. The predicted octanol–water partition coefficient (Wildman–Crippen LogP) is 0.788. The Morgan fingerprint density at radius 1 is 1.24 bits per heavy atom. The van der Waals surface area contributed by atoms with Gasteiger partial charge >= 0.3 is 0 Å². The zero-order chi connectivity index (χ0) is 12.4. The van der Waals surface area contributed by atoms with E-state index in [1.165, 1.54) is 4.90 Å². The molecule has 2 aliphatic carbocycles. The Hall–Kier alpha value is -0.900.